The van der Waals surface area contributed by atoms with E-state index in [9.17, 15) is 4.79 Å². The number of carbonyl (C=O) groups excluding carboxylic acids is 1. The van der Waals surface area contributed by atoms with E-state index in [4.69, 9.17) is 21.1 Å². The summed E-state index contributed by atoms with van der Waals surface area (Å²) in [7, 11) is 0. The molecule has 1 heterocycles. The zero-order valence-electron chi connectivity index (χ0n) is 13.8. The topological polar surface area (TPSA) is 35.5 Å². The molecule has 130 valence electrons. The Labute approximate surface area is 164 Å². The molecule has 0 aromatic heterocycles. The molecule has 0 amide bonds. The fourth-order valence-electron chi connectivity index (χ4n) is 3.14. The van der Waals surface area contributed by atoms with E-state index in [0.29, 0.717) is 22.3 Å². The number of para-hydroxylation sites is 2. The number of hydrogen-bond donors (Lipinski definition) is 0. The van der Waals surface area contributed by atoms with E-state index in [-0.39, 0.29) is 5.97 Å². The molecule has 0 bridgehead atoms. The van der Waals surface area contributed by atoms with Gasteiger partial charge in [-0.1, -0.05) is 63.9 Å². The number of esters is 1. The van der Waals surface area contributed by atoms with Crippen LogP contribution in [0.2, 0.25) is 5.02 Å². The lowest BCUT2D eigenvalue weighted by Gasteiger charge is -2.27. The predicted molar refractivity (Wildman–Crippen MR) is 104 cm³/mol. The fraction of sp³-hybridized carbons (Fsp3) is 0.0952. The van der Waals surface area contributed by atoms with Crippen molar-refractivity contribution in [3.8, 4) is 17.2 Å². The minimum Gasteiger partial charge on any atom is -0.457 e. The Morgan fingerprint density at radius 3 is 2.19 bits per heavy atom. The summed E-state index contributed by atoms with van der Waals surface area (Å²) < 4.78 is 12.5. The van der Waals surface area contributed by atoms with E-state index in [1.807, 2.05) is 61.5 Å². The fourth-order valence-corrected chi connectivity index (χ4v) is 4.15. The van der Waals surface area contributed by atoms with Gasteiger partial charge >= 0.3 is 5.97 Å². The molecule has 3 aromatic carbocycles. The van der Waals surface area contributed by atoms with Gasteiger partial charge in [0, 0.05) is 15.6 Å². The van der Waals surface area contributed by atoms with Crippen LogP contribution in [0, 0.1) is 6.92 Å². The Morgan fingerprint density at radius 1 is 1.04 bits per heavy atom. The number of halogens is 2. The molecule has 1 aliphatic heterocycles. The molecule has 0 spiro atoms. The molecule has 0 atom stereocenters. The van der Waals surface area contributed by atoms with E-state index in [0.717, 1.165) is 21.2 Å². The zero-order valence-corrected chi connectivity index (χ0v) is 16.2. The van der Waals surface area contributed by atoms with Gasteiger partial charge in [0.2, 0.25) is 0 Å². The first-order valence-corrected chi connectivity index (χ1v) is 9.24. The highest BCUT2D eigenvalue weighted by Crippen LogP contribution is 2.45. The number of rotatable bonds is 2. The van der Waals surface area contributed by atoms with Gasteiger partial charge in [0.15, 0.2) is 5.75 Å². The standard InChI is InChI=1S/C21H14BrClO3/c1-12-10-13(22)11-16(23)20(12)26-21(24)19-14-6-2-4-8-17(14)25-18-9-5-3-7-15(18)19/h2-11,19H,1H3. The molecule has 3 nitrogen and oxygen atoms in total. The first kappa shape index (κ1) is 17.1. The molecular formula is C21H14BrClO3. The molecule has 0 N–H and O–H groups in total. The van der Waals surface area contributed by atoms with E-state index in [2.05, 4.69) is 15.9 Å². The highest BCUT2D eigenvalue weighted by molar-refractivity contribution is 9.10. The van der Waals surface area contributed by atoms with Gasteiger partial charge in [-0.15, -0.1) is 0 Å². The first-order chi connectivity index (χ1) is 12.5. The SMILES string of the molecule is Cc1cc(Br)cc(Cl)c1OC(=O)C1c2ccccc2Oc2ccccc21. The molecule has 0 radical (unpaired) electrons. The minimum atomic E-state index is -0.574. The van der Waals surface area contributed by atoms with Gasteiger partial charge in [-0.3, -0.25) is 4.79 Å². The molecule has 0 saturated carbocycles. The van der Waals surface area contributed by atoms with Crippen LogP contribution in [0.3, 0.4) is 0 Å². The molecule has 0 saturated heterocycles. The van der Waals surface area contributed by atoms with Gasteiger partial charge in [-0.05, 0) is 36.8 Å². The second-order valence-electron chi connectivity index (χ2n) is 6.07. The Bertz CT molecular complexity index is 947. The van der Waals surface area contributed by atoms with Crippen LogP contribution < -0.4 is 9.47 Å². The van der Waals surface area contributed by atoms with Crippen LogP contribution in [0.25, 0.3) is 0 Å². The van der Waals surface area contributed by atoms with Crippen molar-refractivity contribution < 1.29 is 14.3 Å². The smallest absolute Gasteiger partial charge is 0.323 e. The first-order valence-electron chi connectivity index (χ1n) is 8.07. The number of aryl methyl sites for hydroxylation is 1. The van der Waals surface area contributed by atoms with Gasteiger partial charge in [0.1, 0.15) is 17.4 Å². The Balaban J connectivity index is 1.77. The zero-order chi connectivity index (χ0) is 18.3. The maximum Gasteiger partial charge on any atom is 0.323 e. The third kappa shape index (κ3) is 3.00. The summed E-state index contributed by atoms with van der Waals surface area (Å²) in [6.07, 6.45) is 0. The van der Waals surface area contributed by atoms with Crippen molar-refractivity contribution in [1.29, 1.82) is 0 Å². The molecule has 0 aliphatic carbocycles. The molecule has 0 fully saturated rings. The van der Waals surface area contributed by atoms with Crippen LogP contribution in [-0.2, 0) is 4.79 Å². The van der Waals surface area contributed by atoms with E-state index < -0.39 is 5.92 Å². The number of hydrogen-bond acceptors (Lipinski definition) is 3. The van der Waals surface area contributed by atoms with Crippen LogP contribution in [0.15, 0.2) is 65.1 Å². The van der Waals surface area contributed by atoms with Gasteiger partial charge in [-0.2, -0.15) is 0 Å². The van der Waals surface area contributed by atoms with Crippen molar-refractivity contribution in [2.75, 3.05) is 0 Å². The second kappa shape index (κ2) is 6.78. The summed E-state index contributed by atoms with van der Waals surface area (Å²) in [5, 5.41) is 0.388. The summed E-state index contributed by atoms with van der Waals surface area (Å²) in [5.41, 5.74) is 2.34. The van der Waals surface area contributed by atoms with Crippen LogP contribution in [0.1, 0.15) is 22.6 Å². The quantitative estimate of drug-likeness (QED) is 0.356. The van der Waals surface area contributed by atoms with Crippen molar-refractivity contribution in [2.24, 2.45) is 0 Å². The normalized spacial score (nSPS) is 12.7. The summed E-state index contributed by atoms with van der Waals surface area (Å²) in [6, 6.07) is 18.6. The van der Waals surface area contributed by atoms with Crippen LogP contribution in [0.4, 0.5) is 0 Å². The van der Waals surface area contributed by atoms with Crippen molar-refractivity contribution in [1.82, 2.24) is 0 Å². The maximum atomic E-state index is 13.1. The summed E-state index contributed by atoms with van der Waals surface area (Å²) >= 11 is 9.68. The van der Waals surface area contributed by atoms with Gasteiger partial charge < -0.3 is 9.47 Å². The Morgan fingerprint density at radius 2 is 1.62 bits per heavy atom. The lowest BCUT2D eigenvalue weighted by molar-refractivity contribution is -0.135. The molecule has 3 aromatic rings. The Kier molecular flexibility index (Phi) is 4.47. The number of fused-ring (bicyclic) bond motifs is 2. The molecular weight excluding hydrogens is 416 g/mol. The number of carbonyl (C=O) groups is 1. The van der Waals surface area contributed by atoms with Crippen molar-refractivity contribution in [2.45, 2.75) is 12.8 Å². The average molecular weight is 430 g/mol. The summed E-state index contributed by atoms with van der Waals surface area (Å²) in [5.74, 6) is 0.732. The van der Waals surface area contributed by atoms with E-state index in [1.165, 1.54) is 0 Å². The van der Waals surface area contributed by atoms with E-state index in [1.54, 1.807) is 6.07 Å². The van der Waals surface area contributed by atoms with Crippen molar-refractivity contribution in [3.63, 3.8) is 0 Å². The summed E-state index contributed by atoms with van der Waals surface area (Å²) in [6.45, 7) is 1.85. The molecule has 5 heteroatoms. The van der Waals surface area contributed by atoms with Crippen LogP contribution in [0.5, 0.6) is 17.2 Å². The van der Waals surface area contributed by atoms with Gasteiger partial charge in [0.05, 0.1) is 5.02 Å². The van der Waals surface area contributed by atoms with E-state index >= 15 is 0 Å². The predicted octanol–water partition coefficient (Wildman–Crippen LogP) is 6.25. The highest BCUT2D eigenvalue weighted by Gasteiger charge is 2.34. The van der Waals surface area contributed by atoms with Crippen LogP contribution >= 0.6 is 27.5 Å². The molecule has 4 rings (SSSR count). The van der Waals surface area contributed by atoms with Crippen molar-refractivity contribution >= 4 is 33.5 Å². The van der Waals surface area contributed by atoms with Gasteiger partial charge in [-0.25, -0.2) is 0 Å². The maximum absolute atomic E-state index is 13.1. The molecule has 1 aliphatic rings. The number of ether oxygens (including phenoxy) is 2. The Hall–Kier alpha value is -2.30. The second-order valence-corrected chi connectivity index (χ2v) is 7.39. The lowest BCUT2D eigenvalue weighted by atomic mass is 9.88. The van der Waals surface area contributed by atoms with Gasteiger partial charge in [0.25, 0.3) is 0 Å². The monoisotopic (exact) mass is 428 g/mol. The summed E-state index contributed by atoms with van der Waals surface area (Å²) in [4.78, 5) is 13.1. The highest BCUT2D eigenvalue weighted by atomic mass is 79.9. The van der Waals surface area contributed by atoms with Crippen LogP contribution in [-0.4, -0.2) is 5.97 Å². The molecule has 26 heavy (non-hydrogen) atoms. The largest absolute Gasteiger partial charge is 0.457 e. The molecule has 0 unspecified atom stereocenters. The third-order valence-electron chi connectivity index (χ3n) is 4.31. The minimum absolute atomic E-state index is 0.376. The average Bonchev–Trinajstić information content (AvgIpc) is 2.62. The van der Waals surface area contributed by atoms with Crippen molar-refractivity contribution in [3.05, 3.63) is 86.8 Å². The number of benzene rings is 3. The lowest BCUT2D eigenvalue weighted by Crippen LogP contribution is -2.23. The third-order valence-corrected chi connectivity index (χ3v) is 5.05.